The van der Waals surface area contributed by atoms with Crippen LogP contribution < -0.4 is 0 Å². The number of nitrogens with zero attached hydrogens (tertiary/aromatic N) is 2. The molecule has 1 atom stereocenters. The van der Waals surface area contributed by atoms with Crippen LogP contribution in [0.2, 0.25) is 0 Å². The van der Waals surface area contributed by atoms with Crippen LogP contribution in [0.5, 0.6) is 0 Å². The number of aryl methyl sites for hydroxylation is 2. The molecule has 2 aromatic rings. The topological polar surface area (TPSA) is 73.5 Å². The van der Waals surface area contributed by atoms with Crippen LogP contribution in [0.25, 0.3) is 0 Å². The number of benzene rings is 1. The highest BCUT2D eigenvalue weighted by Gasteiger charge is 2.33. The summed E-state index contributed by atoms with van der Waals surface area (Å²) in [5, 5.41) is 0. The number of likely N-dealkylation sites (tertiary alicyclic amines) is 1. The number of hydrogen-bond donors (Lipinski definition) is 1. The first kappa shape index (κ1) is 20.5. The molecule has 4 rings (SSSR count). The van der Waals surface area contributed by atoms with Gasteiger partial charge in [-0.1, -0.05) is 18.2 Å². The minimum absolute atomic E-state index is 0.0317. The Kier molecular flexibility index (Phi) is 5.77. The van der Waals surface area contributed by atoms with Gasteiger partial charge in [-0.3, -0.25) is 4.79 Å². The van der Waals surface area contributed by atoms with E-state index in [1.807, 2.05) is 4.90 Å². The lowest BCUT2D eigenvalue weighted by Crippen LogP contribution is -2.37. The molecule has 1 aromatic carbocycles. The Labute approximate surface area is 176 Å². The second-order valence-corrected chi connectivity index (χ2v) is 10.9. The molecule has 1 N–H and O–H groups in total. The van der Waals surface area contributed by atoms with Gasteiger partial charge in [0.2, 0.25) is 10.0 Å². The molecule has 6 nitrogen and oxygen atoms in total. The van der Waals surface area contributed by atoms with Gasteiger partial charge in [0.25, 0.3) is 5.91 Å². The van der Waals surface area contributed by atoms with Crippen molar-refractivity contribution in [2.24, 2.45) is 0 Å². The van der Waals surface area contributed by atoms with Crippen LogP contribution >= 0.6 is 11.8 Å². The Morgan fingerprint density at radius 2 is 1.86 bits per heavy atom. The fourth-order valence-electron chi connectivity index (χ4n) is 4.07. The quantitative estimate of drug-likeness (QED) is 0.803. The van der Waals surface area contributed by atoms with Crippen LogP contribution in [0.15, 0.2) is 35.4 Å². The van der Waals surface area contributed by atoms with Gasteiger partial charge >= 0.3 is 0 Å². The number of amides is 1. The number of aromatic amines is 1. The average Bonchev–Trinajstić information content (AvgIpc) is 3.40. The van der Waals surface area contributed by atoms with Gasteiger partial charge in [0, 0.05) is 37.3 Å². The molecule has 1 aromatic heterocycles. The second kappa shape index (κ2) is 8.16. The minimum Gasteiger partial charge on any atom is -0.356 e. The van der Waals surface area contributed by atoms with Crippen LogP contribution in [-0.2, 0) is 10.0 Å². The second-order valence-electron chi connectivity index (χ2n) is 7.77. The summed E-state index contributed by atoms with van der Waals surface area (Å²) in [6.45, 7) is 5.88. The number of aromatic nitrogens is 1. The third-order valence-corrected chi connectivity index (χ3v) is 8.74. The van der Waals surface area contributed by atoms with Crippen LogP contribution in [-0.4, -0.2) is 59.7 Å². The molecule has 0 radical (unpaired) electrons. The SMILES string of the molecule is Cc1ccc(C2CCCN2C(=O)c2cc(S(=O)(=O)N3CCSCC3)c[nH]2)cc1C. The van der Waals surface area contributed by atoms with E-state index < -0.39 is 10.0 Å². The molecule has 2 aliphatic heterocycles. The third-order valence-electron chi connectivity index (χ3n) is 5.92. The third kappa shape index (κ3) is 3.98. The largest absolute Gasteiger partial charge is 0.356 e. The van der Waals surface area contributed by atoms with E-state index in [1.165, 1.54) is 27.7 Å². The van der Waals surface area contributed by atoms with Crippen molar-refractivity contribution in [3.05, 3.63) is 52.8 Å². The maximum atomic E-state index is 13.2. The standard InChI is InChI=1S/C21H27N3O3S2/c1-15-5-6-17(12-16(15)2)20-4-3-7-24(20)21(25)19-13-18(14-22-19)29(26,27)23-8-10-28-11-9-23/h5-6,12-14,20,22H,3-4,7-11H2,1-2H3. The van der Waals surface area contributed by atoms with Crippen LogP contribution in [0.4, 0.5) is 0 Å². The Balaban J connectivity index is 1.56. The zero-order chi connectivity index (χ0) is 20.6. The Morgan fingerprint density at radius 1 is 1.10 bits per heavy atom. The summed E-state index contributed by atoms with van der Waals surface area (Å²) in [5.74, 6) is 1.48. The number of hydrogen-bond acceptors (Lipinski definition) is 4. The van der Waals surface area contributed by atoms with Crippen molar-refractivity contribution in [3.63, 3.8) is 0 Å². The number of carbonyl (C=O) groups excluding carboxylic acids is 1. The molecule has 3 heterocycles. The first-order chi connectivity index (χ1) is 13.9. The molecule has 2 aliphatic rings. The molecule has 0 aliphatic carbocycles. The maximum absolute atomic E-state index is 13.2. The van der Waals surface area contributed by atoms with Crippen molar-refractivity contribution in [1.29, 1.82) is 0 Å². The van der Waals surface area contributed by atoms with E-state index in [0.29, 0.717) is 25.3 Å². The fourth-order valence-corrected chi connectivity index (χ4v) is 6.64. The summed E-state index contributed by atoms with van der Waals surface area (Å²) in [4.78, 5) is 18.1. The average molecular weight is 434 g/mol. The van der Waals surface area contributed by atoms with E-state index in [-0.39, 0.29) is 16.8 Å². The fraction of sp³-hybridized carbons (Fsp3) is 0.476. The molecular weight excluding hydrogens is 406 g/mol. The number of nitrogens with one attached hydrogen (secondary N) is 1. The Hall–Kier alpha value is -1.77. The van der Waals surface area contributed by atoms with E-state index >= 15 is 0 Å². The molecule has 2 saturated heterocycles. The van der Waals surface area contributed by atoms with Crippen molar-refractivity contribution < 1.29 is 13.2 Å². The highest BCUT2D eigenvalue weighted by atomic mass is 32.2. The summed E-state index contributed by atoms with van der Waals surface area (Å²) in [5.41, 5.74) is 3.93. The summed E-state index contributed by atoms with van der Waals surface area (Å²) in [6, 6.07) is 7.88. The van der Waals surface area contributed by atoms with Crippen molar-refractivity contribution in [1.82, 2.24) is 14.2 Å². The normalized spacial score (nSPS) is 20.9. The van der Waals surface area contributed by atoms with Crippen molar-refractivity contribution >= 4 is 27.7 Å². The summed E-state index contributed by atoms with van der Waals surface area (Å²) < 4.78 is 27.3. The van der Waals surface area contributed by atoms with E-state index in [1.54, 1.807) is 11.8 Å². The molecular formula is C21H27N3O3S2. The molecule has 2 fully saturated rings. The number of thioether (sulfide) groups is 1. The van der Waals surface area contributed by atoms with Gasteiger partial charge in [-0.15, -0.1) is 0 Å². The van der Waals surface area contributed by atoms with E-state index in [0.717, 1.165) is 29.9 Å². The van der Waals surface area contributed by atoms with E-state index in [9.17, 15) is 13.2 Å². The predicted octanol–water partition coefficient (Wildman–Crippen LogP) is 3.35. The van der Waals surface area contributed by atoms with Crippen LogP contribution in [0.1, 0.15) is 46.1 Å². The highest BCUT2D eigenvalue weighted by molar-refractivity contribution is 7.99. The monoisotopic (exact) mass is 433 g/mol. The maximum Gasteiger partial charge on any atom is 0.270 e. The Bertz CT molecular complexity index is 1010. The minimum atomic E-state index is -3.56. The van der Waals surface area contributed by atoms with Gasteiger partial charge in [-0.25, -0.2) is 8.42 Å². The first-order valence-corrected chi connectivity index (χ1v) is 12.6. The summed E-state index contributed by atoms with van der Waals surface area (Å²) >= 11 is 1.76. The molecule has 0 bridgehead atoms. The van der Waals surface area contributed by atoms with Gasteiger partial charge in [-0.05, 0) is 49.4 Å². The first-order valence-electron chi connectivity index (χ1n) is 10.0. The molecule has 0 spiro atoms. The highest BCUT2D eigenvalue weighted by Crippen LogP contribution is 2.34. The number of sulfonamides is 1. The molecule has 1 unspecified atom stereocenters. The van der Waals surface area contributed by atoms with Crippen LogP contribution in [0, 0.1) is 13.8 Å². The number of carbonyl (C=O) groups is 1. The Morgan fingerprint density at radius 3 is 2.59 bits per heavy atom. The molecule has 0 saturated carbocycles. The smallest absolute Gasteiger partial charge is 0.270 e. The van der Waals surface area contributed by atoms with E-state index in [2.05, 4.69) is 37.0 Å². The van der Waals surface area contributed by atoms with Crippen molar-refractivity contribution in [2.75, 3.05) is 31.1 Å². The predicted molar refractivity (Wildman–Crippen MR) is 116 cm³/mol. The summed E-state index contributed by atoms with van der Waals surface area (Å²) in [6.07, 6.45) is 3.32. The number of H-pyrrole nitrogens is 1. The van der Waals surface area contributed by atoms with Gasteiger partial charge in [0.1, 0.15) is 10.6 Å². The van der Waals surface area contributed by atoms with E-state index in [4.69, 9.17) is 0 Å². The van der Waals surface area contributed by atoms with Crippen LogP contribution in [0.3, 0.4) is 0 Å². The van der Waals surface area contributed by atoms with Gasteiger partial charge in [0.15, 0.2) is 0 Å². The lowest BCUT2D eigenvalue weighted by Gasteiger charge is -2.25. The molecule has 156 valence electrons. The molecule has 8 heteroatoms. The molecule has 1 amide bonds. The van der Waals surface area contributed by atoms with Gasteiger partial charge < -0.3 is 9.88 Å². The van der Waals surface area contributed by atoms with Crippen molar-refractivity contribution in [2.45, 2.75) is 37.6 Å². The molecule has 29 heavy (non-hydrogen) atoms. The van der Waals surface area contributed by atoms with Crippen molar-refractivity contribution in [3.8, 4) is 0 Å². The lowest BCUT2D eigenvalue weighted by atomic mass is 9.99. The zero-order valence-electron chi connectivity index (χ0n) is 16.8. The lowest BCUT2D eigenvalue weighted by molar-refractivity contribution is 0.0730. The van der Waals surface area contributed by atoms with Gasteiger partial charge in [0.05, 0.1) is 6.04 Å². The summed E-state index contributed by atoms with van der Waals surface area (Å²) in [7, 11) is -3.56. The number of rotatable bonds is 4. The zero-order valence-corrected chi connectivity index (χ0v) is 18.5. The van der Waals surface area contributed by atoms with Gasteiger partial charge in [-0.2, -0.15) is 16.1 Å².